The van der Waals surface area contributed by atoms with E-state index in [2.05, 4.69) is 45.5 Å². The van der Waals surface area contributed by atoms with Crippen molar-refractivity contribution in [1.29, 1.82) is 0 Å². The van der Waals surface area contributed by atoms with Gasteiger partial charge in [-0.25, -0.2) is 4.98 Å². The molecule has 5 rings (SSSR count). The molecule has 0 saturated carbocycles. The fourth-order valence-corrected chi connectivity index (χ4v) is 6.19. The van der Waals surface area contributed by atoms with Crippen LogP contribution >= 0.6 is 11.3 Å². The third-order valence-corrected chi connectivity index (χ3v) is 8.98. The van der Waals surface area contributed by atoms with E-state index < -0.39 is 18.1 Å². The molecule has 3 N–H and O–H groups in total. The van der Waals surface area contributed by atoms with Crippen molar-refractivity contribution in [1.82, 2.24) is 30.5 Å². The van der Waals surface area contributed by atoms with Gasteiger partial charge in [0.1, 0.15) is 5.01 Å². The molecule has 2 aromatic carbocycles. The number of amides is 2. The Morgan fingerprint density at radius 2 is 1.73 bits per heavy atom. The molecule has 0 fully saturated rings. The molecule has 3 heterocycles. The number of rotatable bonds is 14. The Morgan fingerprint density at radius 3 is 2.44 bits per heavy atom. The van der Waals surface area contributed by atoms with Gasteiger partial charge in [-0.3, -0.25) is 19.6 Å². The number of benzene rings is 2. The number of aryl methyl sites for hydroxylation is 1. The van der Waals surface area contributed by atoms with Crippen LogP contribution in [0.5, 0.6) is 0 Å². The monoisotopic (exact) mass is 662 g/mol. The van der Waals surface area contributed by atoms with Crippen molar-refractivity contribution in [3.05, 3.63) is 135 Å². The molecular formula is C38H42N6O3S. The van der Waals surface area contributed by atoms with Gasteiger partial charge in [0.05, 0.1) is 24.4 Å². The Morgan fingerprint density at radius 1 is 0.958 bits per heavy atom. The number of hydrogen-bond acceptors (Lipinski definition) is 8. The van der Waals surface area contributed by atoms with Gasteiger partial charge >= 0.3 is 0 Å². The van der Waals surface area contributed by atoms with Crippen molar-refractivity contribution in [2.24, 2.45) is 0 Å². The molecule has 9 nitrogen and oxygen atoms in total. The third-order valence-electron chi connectivity index (χ3n) is 8.03. The number of carbonyl (C=O) groups is 2. The highest BCUT2D eigenvalue weighted by atomic mass is 32.1. The summed E-state index contributed by atoms with van der Waals surface area (Å²) in [6.07, 6.45) is 4.88. The molecule has 2 amide bonds. The van der Waals surface area contributed by atoms with Crippen LogP contribution in [0.1, 0.15) is 67.9 Å². The Hall–Kier alpha value is -4.77. The zero-order valence-corrected chi connectivity index (χ0v) is 28.6. The van der Waals surface area contributed by atoms with Gasteiger partial charge in [0.15, 0.2) is 0 Å². The highest BCUT2D eigenvalue weighted by Gasteiger charge is 2.24. The molecule has 0 radical (unpaired) electrons. The number of nitrogens with one attached hydrogen (secondary N) is 2. The molecule has 3 aromatic heterocycles. The number of hydrogen-bond donors (Lipinski definition) is 3. The van der Waals surface area contributed by atoms with Gasteiger partial charge < -0.3 is 20.6 Å². The lowest BCUT2D eigenvalue weighted by atomic mass is 9.98. The van der Waals surface area contributed by atoms with Crippen molar-refractivity contribution in [3.63, 3.8) is 0 Å². The number of thiazole rings is 1. The van der Waals surface area contributed by atoms with E-state index in [0.717, 1.165) is 27.4 Å². The van der Waals surface area contributed by atoms with Crippen LogP contribution in [0.4, 0.5) is 0 Å². The molecule has 0 aliphatic rings. The summed E-state index contributed by atoms with van der Waals surface area (Å²) in [6.45, 7) is 7.31. The summed E-state index contributed by atoms with van der Waals surface area (Å²) in [4.78, 5) is 42.5. The zero-order chi connectivity index (χ0) is 34.0. The van der Waals surface area contributed by atoms with Crippen LogP contribution < -0.4 is 10.6 Å². The molecule has 0 spiro atoms. The van der Waals surface area contributed by atoms with E-state index in [1.54, 1.807) is 36.3 Å². The summed E-state index contributed by atoms with van der Waals surface area (Å²) in [7, 11) is 1.72. The SMILES string of the molecule is Cc1csc(CN(C)C(=O)c2cc(C(=O)N[C@@H](Cc3ccccc3)[C@H](O)CNCc3cncc(C(C)C)c3)cc(-c3ccccn3)c2)n1. The second kappa shape index (κ2) is 16.4. The average molecular weight is 663 g/mol. The fraction of sp³-hybridized carbons (Fsp3) is 0.289. The maximum absolute atomic E-state index is 14.0. The summed E-state index contributed by atoms with van der Waals surface area (Å²) in [5.74, 6) is -0.271. The summed E-state index contributed by atoms with van der Waals surface area (Å²) >= 11 is 1.50. The lowest BCUT2D eigenvalue weighted by Gasteiger charge is -2.25. The molecule has 0 bridgehead atoms. The number of aliphatic hydroxyl groups excluding tert-OH is 1. The minimum absolute atomic E-state index is 0.240. The highest BCUT2D eigenvalue weighted by molar-refractivity contribution is 7.09. The van der Waals surface area contributed by atoms with Gasteiger partial charge in [-0.1, -0.05) is 56.3 Å². The van der Waals surface area contributed by atoms with E-state index in [1.165, 1.54) is 11.3 Å². The molecule has 0 aliphatic heterocycles. The van der Waals surface area contributed by atoms with Gasteiger partial charge in [0.25, 0.3) is 11.8 Å². The Labute approximate surface area is 286 Å². The fourth-order valence-electron chi connectivity index (χ4n) is 5.36. The molecule has 0 saturated heterocycles. The molecule has 2 atom stereocenters. The predicted octanol–water partition coefficient (Wildman–Crippen LogP) is 5.80. The van der Waals surface area contributed by atoms with Crippen molar-refractivity contribution in [3.8, 4) is 11.3 Å². The first-order chi connectivity index (χ1) is 23.2. The average Bonchev–Trinajstić information content (AvgIpc) is 3.52. The van der Waals surface area contributed by atoms with E-state index >= 15 is 0 Å². The predicted molar refractivity (Wildman–Crippen MR) is 190 cm³/mol. The second-order valence-electron chi connectivity index (χ2n) is 12.3. The van der Waals surface area contributed by atoms with Gasteiger partial charge in [0, 0.05) is 66.5 Å². The first-order valence-corrected chi connectivity index (χ1v) is 16.9. The van der Waals surface area contributed by atoms with E-state index in [1.807, 2.05) is 73.2 Å². The quantitative estimate of drug-likeness (QED) is 0.138. The summed E-state index contributed by atoms with van der Waals surface area (Å²) in [5, 5.41) is 20.6. The van der Waals surface area contributed by atoms with Crippen molar-refractivity contribution in [2.75, 3.05) is 13.6 Å². The molecule has 48 heavy (non-hydrogen) atoms. The minimum atomic E-state index is -0.900. The van der Waals surface area contributed by atoms with Crippen LogP contribution in [0.15, 0.2) is 96.8 Å². The van der Waals surface area contributed by atoms with Crippen LogP contribution in [-0.4, -0.2) is 62.5 Å². The molecule has 0 unspecified atom stereocenters. The van der Waals surface area contributed by atoms with Gasteiger partial charge in [0.2, 0.25) is 0 Å². The van der Waals surface area contributed by atoms with Crippen LogP contribution in [-0.2, 0) is 19.5 Å². The van der Waals surface area contributed by atoms with Crippen LogP contribution in [0.25, 0.3) is 11.3 Å². The minimum Gasteiger partial charge on any atom is -0.390 e. The Bertz CT molecular complexity index is 1810. The summed E-state index contributed by atoms with van der Waals surface area (Å²) < 4.78 is 0. The first-order valence-electron chi connectivity index (χ1n) is 16.1. The molecule has 5 aromatic rings. The van der Waals surface area contributed by atoms with E-state index in [-0.39, 0.29) is 12.5 Å². The first kappa shape index (κ1) is 34.6. The third kappa shape index (κ3) is 9.41. The molecule has 248 valence electrons. The lowest BCUT2D eigenvalue weighted by molar-refractivity contribution is 0.0784. The van der Waals surface area contributed by atoms with Gasteiger partial charge in [-0.2, -0.15) is 0 Å². The summed E-state index contributed by atoms with van der Waals surface area (Å²) in [6, 6.07) is 21.9. The molecular weight excluding hydrogens is 621 g/mol. The number of pyridine rings is 2. The Balaban J connectivity index is 1.37. The van der Waals surface area contributed by atoms with Crippen LogP contribution in [0, 0.1) is 6.92 Å². The van der Waals surface area contributed by atoms with Crippen molar-refractivity contribution >= 4 is 23.2 Å². The summed E-state index contributed by atoms with van der Waals surface area (Å²) in [5.41, 5.74) is 6.01. The number of aromatic nitrogens is 3. The number of nitrogens with zero attached hydrogens (tertiary/aromatic N) is 4. The molecule has 10 heteroatoms. The van der Waals surface area contributed by atoms with Crippen LogP contribution in [0.3, 0.4) is 0 Å². The smallest absolute Gasteiger partial charge is 0.254 e. The largest absolute Gasteiger partial charge is 0.390 e. The zero-order valence-electron chi connectivity index (χ0n) is 27.8. The standard InChI is InChI=1S/C38H42N6O3S/c1-25(2)32-14-28(19-39-21-32)20-40-22-35(45)34(15-27-10-6-5-7-11-27)43-37(46)30-16-29(33-12-8-9-13-41-33)17-31(18-30)38(47)44(4)23-36-42-26(3)24-48-36/h5-14,16-19,21,24-25,34-35,40,45H,15,20,22-23H2,1-4H3,(H,43,46)/t34-,35+/m0/s1. The maximum atomic E-state index is 14.0. The number of carbonyl (C=O) groups excluding carboxylic acids is 2. The van der Waals surface area contributed by atoms with Crippen molar-refractivity contribution < 1.29 is 14.7 Å². The van der Waals surface area contributed by atoms with E-state index in [9.17, 15) is 14.7 Å². The number of aliphatic hydroxyl groups is 1. The highest BCUT2D eigenvalue weighted by Crippen LogP contribution is 2.23. The van der Waals surface area contributed by atoms with E-state index in [0.29, 0.717) is 47.8 Å². The van der Waals surface area contributed by atoms with Crippen molar-refractivity contribution in [2.45, 2.75) is 58.3 Å². The maximum Gasteiger partial charge on any atom is 0.254 e. The topological polar surface area (TPSA) is 120 Å². The van der Waals surface area contributed by atoms with Crippen LogP contribution in [0.2, 0.25) is 0 Å². The lowest BCUT2D eigenvalue weighted by Crippen LogP contribution is -2.48. The Kier molecular flexibility index (Phi) is 11.8. The van der Waals surface area contributed by atoms with E-state index in [4.69, 9.17) is 0 Å². The second-order valence-corrected chi connectivity index (χ2v) is 13.2. The van der Waals surface area contributed by atoms with Gasteiger partial charge in [-0.05, 0) is 66.3 Å². The normalized spacial score (nSPS) is 12.5. The molecule has 0 aliphatic carbocycles. The van der Waals surface area contributed by atoms with Gasteiger partial charge in [-0.15, -0.1) is 11.3 Å².